The zero-order valence-electron chi connectivity index (χ0n) is 22.4. The third kappa shape index (κ3) is 5.91. The molecule has 3 aliphatic rings. The van der Waals surface area contributed by atoms with Crippen LogP contribution in [0.25, 0.3) is 0 Å². The first kappa shape index (κ1) is 25.6. The summed E-state index contributed by atoms with van der Waals surface area (Å²) in [6.07, 6.45) is 8.45. The Hall–Kier alpha value is -1.02. The molecule has 1 aromatic carbocycles. The molecular weight excluding hydrogens is 392 g/mol. The van der Waals surface area contributed by atoms with Gasteiger partial charge in [-0.2, -0.15) is 0 Å². The number of fused-ring (bicyclic) bond motifs is 5. The SMILES string of the molecule is CC.CC(Oc1ccc(C(CC(C)(C)C)C(C)(C)C)cc1)OC1CC2CC1C1CCCC21. The number of hydrogen-bond donors (Lipinski definition) is 0. The van der Waals surface area contributed by atoms with Crippen molar-refractivity contribution in [3.8, 4) is 5.75 Å². The molecule has 4 rings (SSSR count). The molecule has 0 aliphatic heterocycles. The van der Waals surface area contributed by atoms with E-state index in [2.05, 4.69) is 72.7 Å². The maximum Gasteiger partial charge on any atom is 0.197 e. The number of rotatable bonds is 6. The summed E-state index contributed by atoms with van der Waals surface area (Å²) < 4.78 is 12.6. The van der Waals surface area contributed by atoms with Crippen molar-refractivity contribution in [2.24, 2.45) is 34.5 Å². The van der Waals surface area contributed by atoms with Gasteiger partial charge in [0.05, 0.1) is 6.10 Å². The first-order valence-electron chi connectivity index (χ1n) is 13.4. The van der Waals surface area contributed by atoms with Crippen LogP contribution in [0.4, 0.5) is 0 Å². The Bertz CT molecular complexity index is 708. The van der Waals surface area contributed by atoms with Crippen molar-refractivity contribution in [3.05, 3.63) is 29.8 Å². The lowest BCUT2D eigenvalue weighted by Crippen LogP contribution is -2.34. The zero-order valence-corrected chi connectivity index (χ0v) is 22.4. The van der Waals surface area contributed by atoms with Crippen molar-refractivity contribution in [3.63, 3.8) is 0 Å². The Kier molecular flexibility index (Phi) is 8.06. The van der Waals surface area contributed by atoms with Gasteiger partial charge in [0.15, 0.2) is 6.29 Å². The van der Waals surface area contributed by atoms with Crippen molar-refractivity contribution in [2.75, 3.05) is 0 Å². The predicted octanol–water partition coefficient (Wildman–Crippen LogP) is 8.84. The smallest absolute Gasteiger partial charge is 0.197 e. The van der Waals surface area contributed by atoms with Crippen LogP contribution in [0.1, 0.15) is 112 Å². The van der Waals surface area contributed by atoms with E-state index in [0.717, 1.165) is 29.4 Å². The summed E-state index contributed by atoms with van der Waals surface area (Å²) in [4.78, 5) is 0. The van der Waals surface area contributed by atoms with E-state index >= 15 is 0 Å². The van der Waals surface area contributed by atoms with Crippen molar-refractivity contribution in [2.45, 2.75) is 119 Å². The molecule has 0 N–H and O–H groups in total. The van der Waals surface area contributed by atoms with Gasteiger partial charge in [0, 0.05) is 0 Å². The van der Waals surface area contributed by atoms with Gasteiger partial charge in [0.2, 0.25) is 0 Å². The molecule has 3 fully saturated rings. The molecule has 3 saturated carbocycles. The van der Waals surface area contributed by atoms with Crippen molar-refractivity contribution < 1.29 is 9.47 Å². The Labute approximate surface area is 198 Å². The number of benzene rings is 1. The van der Waals surface area contributed by atoms with E-state index in [1.54, 1.807) is 0 Å². The molecule has 2 heteroatoms. The second-order valence-electron chi connectivity index (χ2n) is 12.8. The van der Waals surface area contributed by atoms with Crippen LogP contribution in [-0.4, -0.2) is 12.4 Å². The van der Waals surface area contributed by atoms with Gasteiger partial charge in [0.1, 0.15) is 5.75 Å². The summed E-state index contributed by atoms with van der Waals surface area (Å²) in [7, 11) is 0. The molecule has 3 aliphatic carbocycles. The summed E-state index contributed by atoms with van der Waals surface area (Å²) in [5, 5.41) is 0. The molecule has 7 unspecified atom stereocenters. The quantitative estimate of drug-likeness (QED) is 0.410. The molecule has 2 bridgehead atoms. The minimum absolute atomic E-state index is 0.173. The summed E-state index contributed by atoms with van der Waals surface area (Å²) in [5.74, 6) is 5.14. The highest BCUT2D eigenvalue weighted by atomic mass is 16.7. The minimum Gasteiger partial charge on any atom is -0.465 e. The normalized spacial score (nSPS) is 31.0. The highest BCUT2D eigenvalue weighted by Crippen LogP contribution is 2.59. The molecule has 182 valence electrons. The van der Waals surface area contributed by atoms with Gasteiger partial charge in [-0.1, -0.05) is 73.9 Å². The lowest BCUT2D eigenvalue weighted by atomic mass is 9.69. The summed E-state index contributed by atoms with van der Waals surface area (Å²) >= 11 is 0. The van der Waals surface area contributed by atoms with Gasteiger partial charge in [-0.3, -0.25) is 0 Å². The molecule has 2 nitrogen and oxygen atoms in total. The molecule has 0 aromatic heterocycles. The summed E-state index contributed by atoms with van der Waals surface area (Å²) in [6.45, 7) is 20.2. The number of hydrogen-bond acceptors (Lipinski definition) is 2. The zero-order chi connectivity index (χ0) is 23.7. The van der Waals surface area contributed by atoms with Crippen LogP contribution in [0.3, 0.4) is 0 Å². The number of ether oxygens (including phenoxy) is 2. The van der Waals surface area contributed by atoms with E-state index < -0.39 is 0 Å². The summed E-state index contributed by atoms with van der Waals surface area (Å²) in [6, 6.07) is 8.82. The van der Waals surface area contributed by atoms with Crippen molar-refractivity contribution in [1.29, 1.82) is 0 Å². The van der Waals surface area contributed by atoms with E-state index in [-0.39, 0.29) is 11.7 Å². The lowest BCUT2D eigenvalue weighted by Gasteiger charge is -2.36. The van der Waals surface area contributed by atoms with E-state index in [1.807, 2.05) is 13.8 Å². The second-order valence-corrected chi connectivity index (χ2v) is 12.8. The Morgan fingerprint density at radius 3 is 2.09 bits per heavy atom. The highest BCUT2D eigenvalue weighted by Gasteiger charge is 2.54. The molecule has 1 aromatic rings. The second kappa shape index (κ2) is 10.1. The van der Waals surface area contributed by atoms with Crippen LogP contribution >= 0.6 is 0 Å². The predicted molar refractivity (Wildman–Crippen MR) is 136 cm³/mol. The topological polar surface area (TPSA) is 18.5 Å². The van der Waals surface area contributed by atoms with Crippen LogP contribution < -0.4 is 4.74 Å². The van der Waals surface area contributed by atoms with Gasteiger partial charge in [-0.25, -0.2) is 0 Å². The molecule has 0 amide bonds. The third-order valence-corrected chi connectivity index (χ3v) is 8.18. The third-order valence-electron chi connectivity index (χ3n) is 8.18. The molecule has 0 saturated heterocycles. The largest absolute Gasteiger partial charge is 0.465 e. The fourth-order valence-electron chi connectivity index (χ4n) is 6.94. The van der Waals surface area contributed by atoms with Crippen LogP contribution in [-0.2, 0) is 4.74 Å². The standard InChI is InChI=1S/C28H44O2.C2H6/c1-18(30-26-16-20-15-24(26)23-10-8-9-22(20)23)29-21-13-11-19(12-14-21)25(28(5,6)7)17-27(2,3)4;1-2/h11-14,18,20,22-26H,8-10,15-17H2,1-7H3;1-2H3. The van der Waals surface area contributed by atoms with Crippen LogP contribution in [0, 0.1) is 34.5 Å². The Morgan fingerprint density at radius 2 is 1.50 bits per heavy atom. The van der Waals surface area contributed by atoms with Gasteiger partial charge in [-0.15, -0.1) is 0 Å². The van der Waals surface area contributed by atoms with Gasteiger partial charge in [0.25, 0.3) is 0 Å². The van der Waals surface area contributed by atoms with Gasteiger partial charge in [-0.05, 0) is 97.1 Å². The van der Waals surface area contributed by atoms with Crippen LogP contribution in [0.15, 0.2) is 24.3 Å². The first-order valence-corrected chi connectivity index (χ1v) is 13.4. The minimum atomic E-state index is -0.173. The molecular formula is C30H50O2. The van der Waals surface area contributed by atoms with E-state index in [4.69, 9.17) is 9.47 Å². The van der Waals surface area contributed by atoms with Crippen LogP contribution in [0.5, 0.6) is 5.75 Å². The monoisotopic (exact) mass is 442 g/mol. The van der Waals surface area contributed by atoms with E-state index in [0.29, 0.717) is 17.4 Å². The molecule has 0 heterocycles. The average Bonchev–Trinajstić information content (AvgIpc) is 3.40. The maximum atomic E-state index is 6.43. The Morgan fingerprint density at radius 1 is 0.875 bits per heavy atom. The molecule has 7 atom stereocenters. The molecule has 0 spiro atoms. The van der Waals surface area contributed by atoms with Gasteiger partial charge >= 0.3 is 0 Å². The molecule has 32 heavy (non-hydrogen) atoms. The molecule has 0 radical (unpaired) electrons. The average molecular weight is 443 g/mol. The Balaban J connectivity index is 0.00000141. The lowest BCUT2D eigenvalue weighted by molar-refractivity contribution is -0.132. The summed E-state index contributed by atoms with van der Waals surface area (Å²) in [5.41, 5.74) is 1.97. The highest BCUT2D eigenvalue weighted by molar-refractivity contribution is 5.30. The fourth-order valence-corrected chi connectivity index (χ4v) is 6.94. The van der Waals surface area contributed by atoms with Crippen LogP contribution in [0.2, 0.25) is 0 Å². The van der Waals surface area contributed by atoms with Gasteiger partial charge < -0.3 is 9.47 Å². The van der Waals surface area contributed by atoms with Crippen molar-refractivity contribution in [1.82, 2.24) is 0 Å². The first-order chi connectivity index (χ1) is 15.0. The van der Waals surface area contributed by atoms with E-state index in [9.17, 15) is 0 Å². The van der Waals surface area contributed by atoms with Crippen molar-refractivity contribution >= 4 is 0 Å². The van der Waals surface area contributed by atoms with E-state index in [1.165, 1.54) is 44.1 Å². The maximum absolute atomic E-state index is 6.43. The fraction of sp³-hybridized carbons (Fsp3) is 0.800.